The molecule has 18 heavy (non-hydrogen) atoms. The lowest BCUT2D eigenvalue weighted by atomic mass is 10.1. The number of nitrogens with zero attached hydrogens (tertiary/aromatic N) is 3. The topological polar surface area (TPSA) is 38.7 Å². The fourth-order valence-corrected chi connectivity index (χ4v) is 2.84. The highest BCUT2D eigenvalue weighted by Gasteiger charge is 2.11. The molecule has 0 aliphatic heterocycles. The molecular weight excluding hydrogens is 310 g/mol. The van der Waals surface area contributed by atoms with E-state index in [2.05, 4.69) is 50.1 Å². The summed E-state index contributed by atoms with van der Waals surface area (Å²) < 4.78 is 0. The third kappa shape index (κ3) is 3.14. The largest absolute Gasteiger partial charge is 0.246 e. The molecule has 2 aromatic rings. The average molecular weight is 326 g/mol. The summed E-state index contributed by atoms with van der Waals surface area (Å²) in [5.41, 5.74) is 3.35. The molecule has 0 aromatic carbocycles. The second kappa shape index (κ2) is 5.89. The molecule has 96 valence electrons. The summed E-state index contributed by atoms with van der Waals surface area (Å²) in [7, 11) is 0. The van der Waals surface area contributed by atoms with Crippen molar-refractivity contribution in [1.29, 1.82) is 0 Å². The van der Waals surface area contributed by atoms with E-state index in [1.54, 1.807) is 11.3 Å². The zero-order valence-electron chi connectivity index (χ0n) is 10.8. The molecule has 5 heteroatoms. The van der Waals surface area contributed by atoms with E-state index in [0.717, 1.165) is 27.5 Å². The quantitative estimate of drug-likeness (QED) is 0.801. The predicted molar refractivity (Wildman–Crippen MR) is 78.4 cm³/mol. The Hall–Kier alpha value is -0.810. The molecule has 0 amide bonds. The smallest absolute Gasteiger partial charge is 0.134 e. The zero-order valence-corrected chi connectivity index (χ0v) is 13.2. The van der Waals surface area contributed by atoms with Crippen molar-refractivity contribution in [3.63, 3.8) is 0 Å². The van der Waals surface area contributed by atoms with Gasteiger partial charge < -0.3 is 0 Å². The summed E-state index contributed by atoms with van der Waals surface area (Å²) in [5.74, 6) is 1.27. The number of thiazole rings is 1. The van der Waals surface area contributed by atoms with Crippen molar-refractivity contribution >= 4 is 27.3 Å². The Labute approximate surface area is 120 Å². The van der Waals surface area contributed by atoms with E-state index in [4.69, 9.17) is 0 Å². The van der Waals surface area contributed by atoms with Gasteiger partial charge >= 0.3 is 0 Å². The van der Waals surface area contributed by atoms with Crippen LogP contribution in [0.1, 0.15) is 47.5 Å². The van der Waals surface area contributed by atoms with Gasteiger partial charge in [0.05, 0.1) is 22.8 Å². The molecule has 0 radical (unpaired) electrons. The summed E-state index contributed by atoms with van der Waals surface area (Å²) in [6.07, 6.45) is 2.64. The average Bonchev–Trinajstić information content (AvgIpc) is 2.74. The number of alkyl halides is 1. The Morgan fingerprint density at radius 1 is 1.33 bits per heavy atom. The second-order valence-corrected chi connectivity index (χ2v) is 6.14. The van der Waals surface area contributed by atoms with Gasteiger partial charge in [-0.15, -0.1) is 11.3 Å². The lowest BCUT2D eigenvalue weighted by Gasteiger charge is -2.10. The summed E-state index contributed by atoms with van der Waals surface area (Å²) in [4.78, 5) is 13.5. The second-order valence-electron chi connectivity index (χ2n) is 4.52. The van der Waals surface area contributed by atoms with Crippen LogP contribution < -0.4 is 0 Å². The molecule has 0 saturated carbocycles. The highest BCUT2D eigenvalue weighted by Crippen LogP contribution is 2.20. The molecule has 2 rings (SSSR count). The highest BCUT2D eigenvalue weighted by atomic mass is 79.9. The molecule has 2 aromatic heterocycles. The molecule has 2 heterocycles. The van der Waals surface area contributed by atoms with Crippen molar-refractivity contribution in [3.05, 3.63) is 39.4 Å². The van der Waals surface area contributed by atoms with Crippen LogP contribution in [-0.4, -0.2) is 15.0 Å². The Balaban J connectivity index is 2.26. The molecule has 0 N–H and O–H groups in total. The van der Waals surface area contributed by atoms with Crippen molar-refractivity contribution in [3.8, 4) is 0 Å². The number of rotatable bonds is 4. The summed E-state index contributed by atoms with van der Waals surface area (Å²) in [6, 6.07) is 0. The number of hydrogen-bond donors (Lipinski definition) is 0. The Bertz CT molecular complexity index is 537. The lowest BCUT2D eigenvalue weighted by Crippen LogP contribution is -2.05. The van der Waals surface area contributed by atoms with Crippen molar-refractivity contribution in [2.24, 2.45) is 0 Å². The van der Waals surface area contributed by atoms with Crippen LogP contribution in [0.5, 0.6) is 0 Å². The first-order chi connectivity index (χ1) is 8.60. The molecule has 0 saturated heterocycles. The number of aromatic nitrogens is 3. The SMILES string of the molecule is Cc1nc(Cc2ncc(CBr)c(C(C)C)n2)cs1. The number of aryl methyl sites for hydroxylation is 1. The van der Waals surface area contributed by atoms with Crippen LogP contribution in [0.3, 0.4) is 0 Å². The first-order valence-corrected chi connectivity index (χ1v) is 7.92. The van der Waals surface area contributed by atoms with Gasteiger partial charge in [-0.1, -0.05) is 29.8 Å². The summed E-state index contributed by atoms with van der Waals surface area (Å²) in [5, 5.41) is 3.97. The van der Waals surface area contributed by atoms with Crippen LogP contribution in [0.2, 0.25) is 0 Å². The van der Waals surface area contributed by atoms with E-state index in [0.29, 0.717) is 12.3 Å². The first-order valence-electron chi connectivity index (χ1n) is 5.91. The number of hydrogen-bond acceptors (Lipinski definition) is 4. The van der Waals surface area contributed by atoms with E-state index in [9.17, 15) is 0 Å². The number of halogens is 1. The van der Waals surface area contributed by atoms with Gasteiger partial charge in [0.2, 0.25) is 0 Å². The third-order valence-corrected chi connectivity index (χ3v) is 4.07. The van der Waals surface area contributed by atoms with Crippen LogP contribution in [0.15, 0.2) is 11.6 Å². The third-order valence-electron chi connectivity index (χ3n) is 2.64. The molecule has 0 aliphatic rings. The van der Waals surface area contributed by atoms with Crippen LogP contribution in [0.25, 0.3) is 0 Å². The summed E-state index contributed by atoms with van der Waals surface area (Å²) in [6.45, 7) is 6.33. The fraction of sp³-hybridized carbons (Fsp3) is 0.462. The van der Waals surface area contributed by atoms with Crippen molar-refractivity contribution in [2.75, 3.05) is 0 Å². The standard InChI is InChI=1S/C13H16BrN3S/c1-8(2)13-10(5-14)6-15-12(17-13)4-11-7-18-9(3)16-11/h6-8H,4-5H2,1-3H3. The first kappa shape index (κ1) is 13.6. The van der Waals surface area contributed by atoms with Crippen LogP contribution in [0.4, 0.5) is 0 Å². The van der Waals surface area contributed by atoms with Gasteiger partial charge in [0.1, 0.15) is 5.82 Å². The fourth-order valence-electron chi connectivity index (χ4n) is 1.80. The van der Waals surface area contributed by atoms with Crippen LogP contribution in [-0.2, 0) is 11.8 Å². The minimum absolute atomic E-state index is 0.413. The molecule has 0 atom stereocenters. The highest BCUT2D eigenvalue weighted by molar-refractivity contribution is 9.08. The molecule has 0 fully saturated rings. The van der Waals surface area contributed by atoms with Gasteiger partial charge in [-0.05, 0) is 12.8 Å². The maximum atomic E-state index is 4.67. The maximum Gasteiger partial charge on any atom is 0.134 e. The van der Waals surface area contributed by atoms with E-state index in [1.807, 2.05) is 13.1 Å². The Morgan fingerprint density at radius 3 is 2.67 bits per heavy atom. The Kier molecular flexibility index (Phi) is 4.45. The molecular formula is C13H16BrN3S. The molecule has 0 aliphatic carbocycles. The van der Waals surface area contributed by atoms with Gasteiger partial charge in [0, 0.05) is 22.5 Å². The molecule has 0 bridgehead atoms. The van der Waals surface area contributed by atoms with Crippen molar-refractivity contribution < 1.29 is 0 Å². The van der Waals surface area contributed by atoms with Gasteiger partial charge in [-0.25, -0.2) is 15.0 Å². The van der Waals surface area contributed by atoms with E-state index >= 15 is 0 Å². The minimum Gasteiger partial charge on any atom is -0.246 e. The van der Waals surface area contributed by atoms with Gasteiger partial charge in [0.25, 0.3) is 0 Å². The van der Waals surface area contributed by atoms with E-state index in [1.165, 1.54) is 5.56 Å². The Morgan fingerprint density at radius 2 is 2.11 bits per heavy atom. The predicted octanol–water partition coefficient (Wildman–Crippen LogP) is 3.85. The minimum atomic E-state index is 0.413. The monoisotopic (exact) mass is 325 g/mol. The van der Waals surface area contributed by atoms with Crippen LogP contribution >= 0.6 is 27.3 Å². The molecule has 0 unspecified atom stereocenters. The van der Waals surface area contributed by atoms with Gasteiger partial charge in [0.15, 0.2) is 0 Å². The normalized spacial score (nSPS) is 11.2. The summed E-state index contributed by atoms with van der Waals surface area (Å²) >= 11 is 5.15. The maximum absolute atomic E-state index is 4.67. The van der Waals surface area contributed by atoms with Crippen molar-refractivity contribution in [2.45, 2.75) is 38.4 Å². The van der Waals surface area contributed by atoms with Gasteiger partial charge in [-0.2, -0.15) is 0 Å². The zero-order chi connectivity index (χ0) is 13.1. The van der Waals surface area contributed by atoms with E-state index in [-0.39, 0.29) is 0 Å². The lowest BCUT2D eigenvalue weighted by molar-refractivity contribution is 0.775. The van der Waals surface area contributed by atoms with Gasteiger partial charge in [-0.3, -0.25) is 0 Å². The van der Waals surface area contributed by atoms with E-state index < -0.39 is 0 Å². The van der Waals surface area contributed by atoms with Crippen molar-refractivity contribution in [1.82, 2.24) is 15.0 Å². The van der Waals surface area contributed by atoms with Crippen LogP contribution in [0, 0.1) is 6.92 Å². The molecule has 3 nitrogen and oxygen atoms in total. The molecule has 0 spiro atoms.